The van der Waals surface area contributed by atoms with Crippen LogP contribution in [0.3, 0.4) is 0 Å². The Hall–Kier alpha value is -4.47. The number of primary amides is 1. The maximum atomic E-state index is 12.8. The summed E-state index contributed by atoms with van der Waals surface area (Å²) < 4.78 is 0. The van der Waals surface area contributed by atoms with Crippen LogP contribution in [0.25, 0.3) is 0 Å². The maximum absolute atomic E-state index is 12.8. The molecule has 10 nitrogen and oxygen atoms in total. The molecular weight excluding hydrogens is 460 g/mol. The lowest BCUT2D eigenvalue weighted by molar-refractivity contribution is -0.384. The first-order valence-electron chi connectivity index (χ1n) is 11.7. The minimum atomic E-state index is -0.513. The Morgan fingerprint density at radius 1 is 1.11 bits per heavy atom. The van der Waals surface area contributed by atoms with Crippen molar-refractivity contribution in [3.8, 4) is 0 Å². The monoisotopic (exact) mass is 488 g/mol. The molecule has 2 amide bonds. The van der Waals surface area contributed by atoms with E-state index in [9.17, 15) is 19.7 Å². The third-order valence-electron chi connectivity index (χ3n) is 6.35. The van der Waals surface area contributed by atoms with E-state index in [4.69, 9.17) is 5.73 Å². The minimum absolute atomic E-state index is 0.0799. The highest BCUT2D eigenvalue weighted by Crippen LogP contribution is 2.30. The molecular formula is C26H28N6O4. The van der Waals surface area contributed by atoms with E-state index in [1.807, 2.05) is 31.2 Å². The minimum Gasteiger partial charge on any atom is -0.371 e. The Kier molecular flexibility index (Phi) is 7.43. The highest BCUT2D eigenvalue weighted by molar-refractivity contribution is 6.05. The molecule has 0 aliphatic carbocycles. The number of rotatable bonds is 8. The van der Waals surface area contributed by atoms with Crippen LogP contribution in [0.5, 0.6) is 0 Å². The summed E-state index contributed by atoms with van der Waals surface area (Å²) in [6, 6.07) is 16.9. The number of nitrogens with two attached hydrogens (primary N) is 1. The molecule has 1 atom stereocenters. The number of hydrogen-bond acceptors (Lipinski definition) is 7. The van der Waals surface area contributed by atoms with Crippen molar-refractivity contribution in [3.05, 3.63) is 88.2 Å². The smallest absolute Gasteiger partial charge is 0.293 e. The second-order valence-corrected chi connectivity index (χ2v) is 8.77. The van der Waals surface area contributed by atoms with Crippen LogP contribution in [0, 0.1) is 16.0 Å². The number of nitro benzene ring substituents is 1. The second-order valence-electron chi connectivity index (χ2n) is 8.77. The fraction of sp³-hybridized carbons (Fsp3) is 0.269. The number of carbonyl (C=O) groups is 2. The molecule has 1 fully saturated rings. The molecule has 1 aliphatic heterocycles. The SMILES string of the molecule is CC(Nc1ccc(C(=O)Nc2ccc(N3CCC(C(N)=O)CC3)cc2)cc1[N+](=O)[O-])c1ccccn1. The van der Waals surface area contributed by atoms with Crippen molar-refractivity contribution in [1.29, 1.82) is 0 Å². The van der Waals surface area contributed by atoms with Gasteiger partial charge < -0.3 is 21.3 Å². The van der Waals surface area contributed by atoms with Gasteiger partial charge in [0.1, 0.15) is 5.69 Å². The number of amides is 2. The third kappa shape index (κ3) is 5.77. The largest absolute Gasteiger partial charge is 0.371 e. The fourth-order valence-corrected chi connectivity index (χ4v) is 4.27. The van der Waals surface area contributed by atoms with Gasteiger partial charge in [0, 0.05) is 48.2 Å². The average molecular weight is 489 g/mol. The Labute approximate surface area is 208 Å². The molecule has 0 spiro atoms. The normalized spacial score (nSPS) is 14.6. The zero-order valence-electron chi connectivity index (χ0n) is 19.9. The van der Waals surface area contributed by atoms with Crippen LogP contribution in [0.15, 0.2) is 66.9 Å². The van der Waals surface area contributed by atoms with Gasteiger partial charge in [-0.05, 0) is 68.3 Å². The molecule has 4 N–H and O–H groups in total. The van der Waals surface area contributed by atoms with Gasteiger partial charge in [0.15, 0.2) is 0 Å². The van der Waals surface area contributed by atoms with Crippen molar-refractivity contribution in [2.24, 2.45) is 11.7 Å². The molecule has 2 aromatic carbocycles. The third-order valence-corrected chi connectivity index (χ3v) is 6.35. The topological polar surface area (TPSA) is 143 Å². The van der Waals surface area contributed by atoms with Crippen LogP contribution in [-0.4, -0.2) is 34.8 Å². The molecule has 186 valence electrons. The molecule has 0 bridgehead atoms. The number of nitro groups is 1. The molecule has 3 aromatic rings. The number of nitrogens with zero attached hydrogens (tertiary/aromatic N) is 3. The zero-order chi connectivity index (χ0) is 25.7. The van der Waals surface area contributed by atoms with Gasteiger partial charge in [-0.25, -0.2) is 0 Å². The molecule has 2 heterocycles. The predicted octanol–water partition coefficient (Wildman–Crippen LogP) is 4.12. The lowest BCUT2D eigenvalue weighted by Crippen LogP contribution is -2.38. The van der Waals surface area contributed by atoms with Gasteiger partial charge in [-0.15, -0.1) is 0 Å². The summed E-state index contributed by atoms with van der Waals surface area (Å²) >= 11 is 0. The van der Waals surface area contributed by atoms with E-state index in [1.54, 1.807) is 30.5 Å². The summed E-state index contributed by atoms with van der Waals surface area (Å²) in [4.78, 5) is 41.8. The number of anilines is 3. The number of nitrogens with one attached hydrogen (secondary N) is 2. The molecule has 1 unspecified atom stereocenters. The highest BCUT2D eigenvalue weighted by Gasteiger charge is 2.23. The number of carbonyl (C=O) groups excluding carboxylic acids is 2. The van der Waals surface area contributed by atoms with Crippen LogP contribution >= 0.6 is 0 Å². The van der Waals surface area contributed by atoms with E-state index in [0.717, 1.165) is 37.3 Å². The number of pyridine rings is 1. The second kappa shape index (κ2) is 10.9. The lowest BCUT2D eigenvalue weighted by Gasteiger charge is -2.32. The summed E-state index contributed by atoms with van der Waals surface area (Å²) in [5, 5.41) is 17.6. The van der Waals surface area contributed by atoms with Crippen molar-refractivity contribution in [2.45, 2.75) is 25.8 Å². The molecule has 36 heavy (non-hydrogen) atoms. The van der Waals surface area contributed by atoms with E-state index in [-0.39, 0.29) is 29.1 Å². The van der Waals surface area contributed by atoms with Gasteiger partial charge in [0.2, 0.25) is 5.91 Å². The van der Waals surface area contributed by atoms with Gasteiger partial charge >= 0.3 is 0 Å². The first kappa shape index (κ1) is 24.6. The highest BCUT2D eigenvalue weighted by atomic mass is 16.6. The maximum Gasteiger partial charge on any atom is 0.293 e. The Balaban J connectivity index is 1.42. The van der Waals surface area contributed by atoms with E-state index in [2.05, 4.69) is 20.5 Å². The Bertz CT molecular complexity index is 1240. The Morgan fingerprint density at radius 2 is 1.83 bits per heavy atom. The first-order chi connectivity index (χ1) is 17.3. The molecule has 4 rings (SSSR count). The van der Waals surface area contributed by atoms with Crippen molar-refractivity contribution in [1.82, 2.24) is 4.98 Å². The quantitative estimate of drug-likeness (QED) is 0.320. The van der Waals surface area contributed by atoms with Gasteiger partial charge in [-0.2, -0.15) is 0 Å². The van der Waals surface area contributed by atoms with Crippen molar-refractivity contribution in [2.75, 3.05) is 28.6 Å². The van der Waals surface area contributed by atoms with Crippen molar-refractivity contribution in [3.63, 3.8) is 0 Å². The van der Waals surface area contributed by atoms with E-state index >= 15 is 0 Å². The summed E-state index contributed by atoms with van der Waals surface area (Å²) in [6.07, 6.45) is 3.10. The number of benzene rings is 2. The van der Waals surface area contributed by atoms with Gasteiger partial charge in [0.25, 0.3) is 11.6 Å². The molecule has 0 radical (unpaired) electrons. The Morgan fingerprint density at radius 3 is 2.44 bits per heavy atom. The lowest BCUT2D eigenvalue weighted by atomic mass is 9.96. The van der Waals surface area contributed by atoms with Crippen LogP contribution in [0.4, 0.5) is 22.7 Å². The van der Waals surface area contributed by atoms with E-state index in [0.29, 0.717) is 11.4 Å². The molecule has 1 aliphatic rings. The van der Waals surface area contributed by atoms with Crippen molar-refractivity contribution < 1.29 is 14.5 Å². The molecule has 1 saturated heterocycles. The van der Waals surface area contributed by atoms with Crippen LogP contribution in [0.1, 0.15) is 41.9 Å². The predicted molar refractivity (Wildman–Crippen MR) is 138 cm³/mol. The average Bonchev–Trinajstić information content (AvgIpc) is 2.89. The van der Waals surface area contributed by atoms with Gasteiger partial charge in [-0.1, -0.05) is 6.07 Å². The standard InChI is InChI=1S/C26H28N6O4/c1-17(22-4-2-3-13-28-22)29-23-10-5-19(16-24(23)32(35)36)26(34)30-20-6-8-21(9-7-20)31-14-11-18(12-15-31)25(27)33/h2-10,13,16-18,29H,11-12,14-15H2,1H3,(H2,27,33)(H,30,34). The van der Waals surface area contributed by atoms with E-state index < -0.39 is 10.8 Å². The molecule has 1 aromatic heterocycles. The van der Waals surface area contributed by atoms with E-state index in [1.165, 1.54) is 12.1 Å². The first-order valence-corrected chi connectivity index (χ1v) is 11.7. The van der Waals surface area contributed by atoms with Crippen molar-refractivity contribution >= 4 is 34.6 Å². The number of piperidine rings is 1. The number of hydrogen-bond donors (Lipinski definition) is 3. The summed E-state index contributed by atoms with van der Waals surface area (Å²) in [5.74, 6) is -0.777. The summed E-state index contributed by atoms with van der Waals surface area (Å²) in [6.45, 7) is 3.33. The summed E-state index contributed by atoms with van der Waals surface area (Å²) in [7, 11) is 0. The van der Waals surface area contributed by atoms with Crippen LogP contribution in [0.2, 0.25) is 0 Å². The number of aromatic nitrogens is 1. The van der Waals surface area contributed by atoms with Gasteiger partial charge in [0.05, 0.1) is 16.7 Å². The van der Waals surface area contributed by atoms with Gasteiger partial charge in [-0.3, -0.25) is 24.7 Å². The fourth-order valence-electron chi connectivity index (χ4n) is 4.27. The zero-order valence-corrected chi connectivity index (χ0v) is 19.9. The van der Waals surface area contributed by atoms with Crippen LogP contribution < -0.4 is 21.3 Å². The molecule has 0 saturated carbocycles. The molecule has 10 heteroatoms. The summed E-state index contributed by atoms with van der Waals surface area (Å²) in [5.41, 5.74) is 8.00. The van der Waals surface area contributed by atoms with Crippen LogP contribution in [-0.2, 0) is 4.79 Å².